The molecule has 9 nitrogen and oxygen atoms in total. The van der Waals surface area contributed by atoms with Gasteiger partial charge in [0.05, 0.1) is 32.8 Å². The minimum atomic E-state index is -0.274. The molecule has 3 aromatic carbocycles. The maximum absolute atomic E-state index is 12.5. The lowest BCUT2D eigenvalue weighted by Crippen LogP contribution is -2.20. The van der Waals surface area contributed by atoms with Gasteiger partial charge in [-0.1, -0.05) is 42.1 Å². The van der Waals surface area contributed by atoms with Gasteiger partial charge in [-0.15, -0.1) is 10.2 Å². The quantitative estimate of drug-likeness (QED) is 0.176. The monoisotopic (exact) mass is 517 g/mol. The molecule has 190 valence electrons. The number of hydrazone groups is 1. The molecule has 0 spiro atoms. The van der Waals surface area contributed by atoms with Gasteiger partial charge in [0.1, 0.15) is 5.75 Å². The molecule has 10 heteroatoms. The van der Waals surface area contributed by atoms with Crippen LogP contribution in [0.5, 0.6) is 17.2 Å². The molecule has 0 aliphatic heterocycles. The molecule has 0 radical (unpaired) electrons. The Hall–Kier alpha value is -4.31. The van der Waals surface area contributed by atoms with Crippen molar-refractivity contribution in [2.45, 2.75) is 12.1 Å². The average molecular weight is 518 g/mol. The van der Waals surface area contributed by atoms with E-state index in [1.165, 1.54) is 11.8 Å². The Morgan fingerprint density at radius 1 is 1.00 bits per heavy atom. The van der Waals surface area contributed by atoms with Gasteiger partial charge in [-0.05, 0) is 55.0 Å². The van der Waals surface area contributed by atoms with Gasteiger partial charge < -0.3 is 14.2 Å². The van der Waals surface area contributed by atoms with Gasteiger partial charge in [-0.2, -0.15) is 5.10 Å². The lowest BCUT2D eigenvalue weighted by atomic mass is 10.2. The van der Waals surface area contributed by atoms with Gasteiger partial charge in [0.25, 0.3) is 5.91 Å². The van der Waals surface area contributed by atoms with Crippen LogP contribution in [0.2, 0.25) is 0 Å². The first-order valence-electron chi connectivity index (χ1n) is 11.5. The van der Waals surface area contributed by atoms with Crippen LogP contribution in [-0.2, 0) is 4.79 Å². The molecule has 4 rings (SSSR count). The first-order chi connectivity index (χ1) is 18.1. The number of rotatable bonds is 11. The van der Waals surface area contributed by atoms with Crippen LogP contribution < -0.4 is 19.6 Å². The van der Waals surface area contributed by atoms with E-state index in [9.17, 15) is 4.79 Å². The van der Waals surface area contributed by atoms with E-state index in [1.54, 1.807) is 32.6 Å². The molecular formula is C27H27N5O4S. The third-order valence-corrected chi connectivity index (χ3v) is 6.14. The number of hydrogen-bond acceptors (Lipinski definition) is 8. The Kier molecular flexibility index (Phi) is 8.77. The number of nitrogens with zero attached hydrogens (tertiary/aromatic N) is 4. The van der Waals surface area contributed by atoms with Gasteiger partial charge in [0, 0.05) is 11.3 Å². The van der Waals surface area contributed by atoms with Crippen LogP contribution in [-0.4, -0.2) is 53.5 Å². The maximum atomic E-state index is 12.5. The van der Waals surface area contributed by atoms with E-state index in [0.717, 1.165) is 22.6 Å². The Morgan fingerprint density at radius 2 is 1.76 bits per heavy atom. The standard InChI is InChI=1S/C27H27N5O4S/c1-4-36-22-13-11-21(12-14-22)32-26(20-8-6-5-7-9-20)30-31-27(32)37-18-25(33)29-28-17-19-10-15-23(34-2)24(16-19)35-3/h5-17H,4,18H2,1-3H3,(H,29,33)/b28-17+. The fraction of sp³-hybridized carbons (Fsp3) is 0.185. The van der Waals surface area contributed by atoms with Crippen LogP contribution >= 0.6 is 11.8 Å². The summed E-state index contributed by atoms with van der Waals surface area (Å²) in [7, 11) is 3.14. The second-order valence-electron chi connectivity index (χ2n) is 7.63. The summed E-state index contributed by atoms with van der Waals surface area (Å²) in [5, 5.41) is 13.4. The van der Waals surface area contributed by atoms with Crippen molar-refractivity contribution in [1.82, 2.24) is 20.2 Å². The van der Waals surface area contributed by atoms with Crippen molar-refractivity contribution in [3.05, 3.63) is 78.4 Å². The van der Waals surface area contributed by atoms with Crippen LogP contribution in [0, 0.1) is 0 Å². The van der Waals surface area contributed by atoms with E-state index in [-0.39, 0.29) is 11.7 Å². The van der Waals surface area contributed by atoms with Crippen LogP contribution in [0.1, 0.15) is 12.5 Å². The maximum Gasteiger partial charge on any atom is 0.250 e. The van der Waals surface area contributed by atoms with Crippen molar-refractivity contribution in [1.29, 1.82) is 0 Å². The number of hydrogen-bond donors (Lipinski definition) is 1. The number of ether oxygens (including phenoxy) is 3. The lowest BCUT2D eigenvalue weighted by Gasteiger charge is -2.11. The summed E-state index contributed by atoms with van der Waals surface area (Å²) < 4.78 is 18.0. The molecule has 1 heterocycles. The molecule has 0 fully saturated rings. The zero-order valence-electron chi connectivity index (χ0n) is 20.7. The molecule has 0 aliphatic rings. The fourth-order valence-corrected chi connectivity index (χ4v) is 4.25. The number of nitrogens with one attached hydrogen (secondary N) is 1. The van der Waals surface area contributed by atoms with Gasteiger partial charge in [0.15, 0.2) is 22.5 Å². The normalized spacial score (nSPS) is 10.9. The lowest BCUT2D eigenvalue weighted by molar-refractivity contribution is -0.118. The molecule has 0 saturated carbocycles. The first kappa shape index (κ1) is 25.8. The molecule has 0 atom stereocenters. The minimum Gasteiger partial charge on any atom is -0.494 e. The number of carbonyl (C=O) groups is 1. The summed E-state index contributed by atoms with van der Waals surface area (Å²) in [6.07, 6.45) is 1.54. The smallest absolute Gasteiger partial charge is 0.250 e. The van der Waals surface area contributed by atoms with Crippen LogP contribution in [0.15, 0.2) is 83.1 Å². The predicted octanol–water partition coefficient (Wildman–Crippen LogP) is 4.59. The SMILES string of the molecule is CCOc1ccc(-n2c(SCC(=O)N/N=C/c3ccc(OC)c(OC)c3)nnc2-c2ccccc2)cc1. The van der Waals surface area contributed by atoms with Crippen molar-refractivity contribution >= 4 is 23.9 Å². The summed E-state index contributed by atoms with van der Waals surface area (Å²) >= 11 is 1.27. The topological polar surface area (TPSA) is 99.9 Å². The number of aromatic nitrogens is 3. The highest BCUT2D eigenvalue weighted by molar-refractivity contribution is 7.99. The molecule has 1 aromatic heterocycles. The molecule has 0 bridgehead atoms. The highest BCUT2D eigenvalue weighted by Gasteiger charge is 2.17. The average Bonchev–Trinajstić information content (AvgIpc) is 3.37. The van der Waals surface area contributed by atoms with E-state index >= 15 is 0 Å². The zero-order valence-corrected chi connectivity index (χ0v) is 21.6. The first-order valence-corrected chi connectivity index (χ1v) is 12.5. The zero-order chi connectivity index (χ0) is 26.0. The van der Waals surface area contributed by atoms with Crippen molar-refractivity contribution in [2.24, 2.45) is 5.10 Å². The molecule has 0 aliphatic carbocycles. The summed E-state index contributed by atoms with van der Waals surface area (Å²) in [5.41, 5.74) is 5.09. The highest BCUT2D eigenvalue weighted by atomic mass is 32.2. The number of carbonyl (C=O) groups excluding carboxylic acids is 1. The summed E-state index contributed by atoms with van der Waals surface area (Å²) in [5.74, 6) is 2.49. The molecule has 1 amide bonds. The molecule has 37 heavy (non-hydrogen) atoms. The molecule has 1 N–H and O–H groups in total. The third-order valence-electron chi connectivity index (χ3n) is 5.21. The Balaban J connectivity index is 1.47. The van der Waals surface area contributed by atoms with E-state index in [0.29, 0.717) is 29.1 Å². The third kappa shape index (κ3) is 6.47. The minimum absolute atomic E-state index is 0.104. The van der Waals surface area contributed by atoms with E-state index in [1.807, 2.05) is 72.2 Å². The molecular weight excluding hydrogens is 490 g/mol. The molecule has 0 saturated heterocycles. The van der Waals surface area contributed by atoms with Crippen LogP contribution in [0.3, 0.4) is 0 Å². The number of amides is 1. The largest absolute Gasteiger partial charge is 0.494 e. The number of benzene rings is 3. The van der Waals surface area contributed by atoms with Gasteiger partial charge in [-0.25, -0.2) is 5.43 Å². The predicted molar refractivity (Wildman–Crippen MR) is 144 cm³/mol. The molecule has 0 unspecified atom stereocenters. The Morgan fingerprint density at radius 3 is 2.46 bits per heavy atom. The van der Waals surface area contributed by atoms with E-state index in [2.05, 4.69) is 20.7 Å². The second-order valence-corrected chi connectivity index (χ2v) is 8.57. The second kappa shape index (κ2) is 12.6. The summed E-state index contributed by atoms with van der Waals surface area (Å²) in [6.45, 7) is 2.53. The summed E-state index contributed by atoms with van der Waals surface area (Å²) in [4.78, 5) is 12.5. The van der Waals surface area contributed by atoms with Gasteiger partial charge in [-0.3, -0.25) is 9.36 Å². The van der Waals surface area contributed by atoms with Crippen molar-refractivity contribution in [2.75, 3.05) is 26.6 Å². The number of methoxy groups -OCH3 is 2. The van der Waals surface area contributed by atoms with E-state index < -0.39 is 0 Å². The fourth-order valence-electron chi connectivity index (χ4n) is 3.50. The Bertz CT molecular complexity index is 1360. The molecule has 4 aromatic rings. The summed E-state index contributed by atoms with van der Waals surface area (Å²) in [6, 6.07) is 22.8. The van der Waals surface area contributed by atoms with Crippen LogP contribution in [0.25, 0.3) is 17.1 Å². The van der Waals surface area contributed by atoms with Gasteiger partial charge in [0.2, 0.25) is 0 Å². The Labute approximate surface area is 219 Å². The van der Waals surface area contributed by atoms with Crippen molar-refractivity contribution in [3.8, 4) is 34.3 Å². The van der Waals surface area contributed by atoms with E-state index in [4.69, 9.17) is 14.2 Å². The van der Waals surface area contributed by atoms with Crippen molar-refractivity contribution in [3.63, 3.8) is 0 Å². The highest BCUT2D eigenvalue weighted by Crippen LogP contribution is 2.29. The van der Waals surface area contributed by atoms with Gasteiger partial charge >= 0.3 is 0 Å². The van der Waals surface area contributed by atoms with Crippen LogP contribution in [0.4, 0.5) is 0 Å². The number of thioether (sulfide) groups is 1. The van der Waals surface area contributed by atoms with Crippen molar-refractivity contribution < 1.29 is 19.0 Å².